The molecule has 0 heterocycles. The van der Waals surface area contributed by atoms with Crippen molar-refractivity contribution < 1.29 is 0 Å². The Labute approximate surface area is 104 Å². The molecule has 0 aromatic rings. The molecule has 1 heteroatoms. The van der Waals surface area contributed by atoms with E-state index in [2.05, 4.69) is 35.1 Å². The van der Waals surface area contributed by atoms with E-state index in [1.807, 2.05) is 24.3 Å². The van der Waals surface area contributed by atoms with Crippen LogP contribution in [-0.4, -0.2) is 12.8 Å². The van der Waals surface area contributed by atoms with Crippen molar-refractivity contribution in [2.45, 2.75) is 19.3 Å². The van der Waals surface area contributed by atoms with Crippen LogP contribution in [0.1, 0.15) is 19.3 Å². The normalized spacial score (nSPS) is 10.1. The second kappa shape index (κ2) is 13.8. The smallest absolute Gasteiger partial charge is 0.0711 e. The van der Waals surface area contributed by atoms with Gasteiger partial charge in [0.05, 0.1) is 6.21 Å². The van der Waals surface area contributed by atoms with Crippen LogP contribution in [0.2, 0.25) is 0 Å². The molecule has 0 radical (unpaired) electrons. The number of hydrogen-bond donors (Lipinski definition) is 0. The van der Waals surface area contributed by atoms with Gasteiger partial charge in [0.25, 0.3) is 0 Å². The molecule has 86 valence electrons. The molecule has 0 amide bonds. The lowest BCUT2D eigenvalue weighted by atomic mass is 10.3. The Bertz CT molecular complexity index is 413. The summed E-state index contributed by atoms with van der Waals surface area (Å²) in [6.45, 7) is 4.23. The van der Waals surface area contributed by atoms with E-state index in [1.165, 1.54) is 0 Å². The highest BCUT2D eigenvalue weighted by molar-refractivity contribution is 5.78. The van der Waals surface area contributed by atoms with E-state index in [1.54, 1.807) is 12.3 Å². The summed E-state index contributed by atoms with van der Waals surface area (Å²) in [5, 5.41) is 0. The molecule has 0 bridgehead atoms. The summed E-state index contributed by atoms with van der Waals surface area (Å²) in [5.74, 6) is 8.29. The topological polar surface area (TPSA) is 12.4 Å². The summed E-state index contributed by atoms with van der Waals surface area (Å²) >= 11 is 0. The van der Waals surface area contributed by atoms with Gasteiger partial charge in [-0.1, -0.05) is 42.6 Å². The highest BCUT2D eigenvalue weighted by atomic mass is 14.7. The van der Waals surface area contributed by atoms with Gasteiger partial charge >= 0.3 is 0 Å². The molecule has 0 unspecified atom stereocenters. The minimum atomic E-state index is 0.752. The first-order chi connectivity index (χ1) is 8.41. The van der Waals surface area contributed by atoms with Crippen molar-refractivity contribution in [1.29, 1.82) is 0 Å². The molecular weight excluding hydrogens is 206 g/mol. The number of rotatable bonds is 6. The number of aliphatic imine (C=N–C) groups is 1. The SMILES string of the molecule is C#C/C=C\C=C/CCN=CC#CCCC=C=C. The predicted molar refractivity (Wildman–Crippen MR) is 75.8 cm³/mol. The van der Waals surface area contributed by atoms with E-state index in [9.17, 15) is 0 Å². The molecule has 0 saturated heterocycles. The minimum Gasteiger partial charge on any atom is -0.284 e. The van der Waals surface area contributed by atoms with Crippen LogP contribution in [0.4, 0.5) is 0 Å². The molecule has 17 heavy (non-hydrogen) atoms. The van der Waals surface area contributed by atoms with Gasteiger partial charge in [0.2, 0.25) is 0 Å². The van der Waals surface area contributed by atoms with Crippen molar-refractivity contribution in [2.75, 3.05) is 6.54 Å². The zero-order valence-corrected chi connectivity index (χ0v) is 10.0. The standard InChI is InChI=1S/C16H17N/c1-3-5-7-9-11-13-15-17-16-14-12-10-8-6-4-2/h1,5-7,9,11,16H,2,8,10,13,15H2/b7-5-,11-9-,17-16?. The fraction of sp³-hybridized carbons (Fsp3) is 0.250. The van der Waals surface area contributed by atoms with Crippen LogP contribution in [0.3, 0.4) is 0 Å². The molecule has 0 fully saturated rings. The summed E-state index contributed by atoms with van der Waals surface area (Å²) in [4.78, 5) is 4.15. The Kier molecular flexibility index (Phi) is 12.0. The minimum absolute atomic E-state index is 0.752. The first kappa shape index (κ1) is 14.8. The van der Waals surface area contributed by atoms with Gasteiger partial charge in [-0.2, -0.15) is 0 Å². The average molecular weight is 223 g/mol. The third-order valence-corrected chi connectivity index (χ3v) is 1.68. The quantitative estimate of drug-likeness (QED) is 0.215. The van der Waals surface area contributed by atoms with E-state index in [0.29, 0.717) is 0 Å². The lowest BCUT2D eigenvalue weighted by Gasteiger charge is -1.83. The number of terminal acetylenes is 1. The van der Waals surface area contributed by atoms with E-state index in [4.69, 9.17) is 6.42 Å². The molecule has 1 nitrogen and oxygen atoms in total. The monoisotopic (exact) mass is 223 g/mol. The van der Waals surface area contributed by atoms with Gasteiger partial charge in [0.1, 0.15) is 0 Å². The lowest BCUT2D eigenvalue weighted by molar-refractivity contribution is 1.01. The van der Waals surface area contributed by atoms with Gasteiger partial charge in [0.15, 0.2) is 0 Å². The van der Waals surface area contributed by atoms with Gasteiger partial charge in [-0.05, 0) is 25.0 Å². The van der Waals surface area contributed by atoms with Crippen LogP contribution in [-0.2, 0) is 0 Å². The predicted octanol–water partition coefficient (Wildman–Crippen LogP) is 3.32. The van der Waals surface area contributed by atoms with Gasteiger partial charge in [-0.3, -0.25) is 4.99 Å². The second-order valence-corrected chi connectivity index (χ2v) is 3.05. The van der Waals surface area contributed by atoms with Gasteiger partial charge < -0.3 is 0 Å². The lowest BCUT2D eigenvalue weighted by Crippen LogP contribution is -1.77. The van der Waals surface area contributed by atoms with E-state index >= 15 is 0 Å². The third-order valence-electron chi connectivity index (χ3n) is 1.68. The second-order valence-electron chi connectivity index (χ2n) is 3.05. The molecule has 0 atom stereocenters. The Morgan fingerprint density at radius 1 is 1.24 bits per heavy atom. The van der Waals surface area contributed by atoms with Crippen LogP contribution >= 0.6 is 0 Å². The first-order valence-electron chi connectivity index (χ1n) is 5.50. The van der Waals surface area contributed by atoms with Crippen molar-refractivity contribution in [3.8, 4) is 24.2 Å². The maximum absolute atomic E-state index is 5.05. The van der Waals surface area contributed by atoms with Crippen molar-refractivity contribution in [1.82, 2.24) is 0 Å². The van der Waals surface area contributed by atoms with Gasteiger partial charge in [0, 0.05) is 13.0 Å². The summed E-state index contributed by atoms with van der Waals surface area (Å²) in [6, 6.07) is 0. The van der Waals surface area contributed by atoms with Crippen molar-refractivity contribution in [3.05, 3.63) is 42.7 Å². The molecule has 0 saturated carbocycles. The number of nitrogens with zero attached hydrogens (tertiary/aromatic N) is 1. The fourth-order valence-corrected chi connectivity index (χ4v) is 0.909. The molecule has 0 N–H and O–H groups in total. The van der Waals surface area contributed by atoms with E-state index in [0.717, 1.165) is 25.8 Å². The molecule has 0 spiro atoms. The maximum Gasteiger partial charge on any atom is 0.0711 e. The fourth-order valence-electron chi connectivity index (χ4n) is 0.909. The summed E-state index contributed by atoms with van der Waals surface area (Å²) < 4.78 is 0. The van der Waals surface area contributed by atoms with Crippen LogP contribution in [0.5, 0.6) is 0 Å². The van der Waals surface area contributed by atoms with E-state index < -0.39 is 0 Å². The van der Waals surface area contributed by atoms with Gasteiger partial charge in [-0.25, -0.2) is 0 Å². The largest absolute Gasteiger partial charge is 0.284 e. The zero-order chi connectivity index (χ0) is 12.6. The third kappa shape index (κ3) is 13.8. The van der Waals surface area contributed by atoms with Crippen LogP contribution in [0.15, 0.2) is 47.7 Å². The number of unbranched alkanes of at least 4 members (excludes halogenated alkanes) is 1. The maximum atomic E-state index is 5.05. The number of allylic oxidation sites excluding steroid dienone is 4. The van der Waals surface area contributed by atoms with Crippen LogP contribution in [0, 0.1) is 24.2 Å². The van der Waals surface area contributed by atoms with Crippen molar-refractivity contribution in [2.24, 2.45) is 4.99 Å². The highest BCUT2D eigenvalue weighted by Gasteiger charge is 1.75. The summed E-state index contributed by atoms with van der Waals surface area (Å²) in [7, 11) is 0. The van der Waals surface area contributed by atoms with E-state index in [-0.39, 0.29) is 0 Å². The van der Waals surface area contributed by atoms with Gasteiger partial charge in [-0.15, -0.1) is 12.2 Å². The Hall–Kier alpha value is -2.21. The van der Waals surface area contributed by atoms with Crippen molar-refractivity contribution in [3.63, 3.8) is 0 Å². The first-order valence-corrected chi connectivity index (χ1v) is 5.50. The molecule has 0 aromatic carbocycles. The molecule has 0 rings (SSSR count). The average Bonchev–Trinajstić information content (AvgIpc) is 2.35. The van der Waals surface area contributed by atoms with Crippen molar-refractivity contribution >= 4 is 6.21 Å². The summed E-state index contributed by atoms with van der Waals surface area (Å²) in [5.41, 5.74) is 2.71. The Morgan fingerprint density at radius 3 is 2.88 bits per heavy atom. The van der Waals surface area contributed by atoms with Crippen LogP contribution in [0.25, 0.3) is 0 Å². The molecule has 0 aliphatic heterocycles. The Morgan fingerprint density at radius 2 is 2.12 bits per heavy atom. The number of hydrogen-bond acceptors (Lipinski definition) is 1. The molecule has 0 aliphatic rings. The van der Waals surface area contributed by atoms with Crippen LogP contribution < -0.4 is 0 Å². The molecule has 0 aliphatic carbocycles. The highest BCUT2D eigenvalue weighted by Crippen LogP contribution is 1.86. The molecular formula is C16H17N. The molecule has 0 aromatic heterocycles. The Balaban J connectivity index is 3.54. The zero-order valence-electron chi connectivity index (χ0n) is 10.0. The summed E-state index contributed by atoms with van der Waals surface area (Å²) in [6.07, 6.45) is 18.6.